The Labute approximate surface area is 437 Å². The van der Waals surface area contributed by atoms with Gasteiger partial charge in [-0.1, -0.05) is 212 Å². The highest BCUT2D eigenvalue weighted by atomic mass is 15.2. The van der Waals surface area contributed by atoms with Gasteiger partial charge < -0.3 is 18.6 Å². The molecule has 0 saturated carbocycles. The smallest absolute Gasteiger partial charge is 0.168 e. The summed E-state index contributed by atoms with van der Waals surface area (Å²) in [6.07, 6.45) is 9.16. The molecule has 0 bridgehead atoms. The predicted molar refractivity (Wildman–Crippen MR) is 313 cm³/mol. The average molecular weight is 972 g/mol. The van der Waals surface area contributed by atoms with Gasteiger partial charge in [0.2, 0.25) is 0 Å². The molecule has 2 aliphatic rings. The molecule has 16 rings (SSSR count). The van der Waals surface area contributed by atoms with Gasteiger partial charge in [0.15, 0.2) is 17.5 Å². The third-order valence-electron chi connectivity index (χ3n) is 15.8. The van der Waals surface area contributed by atoms with Gasteiger partial charge in [-0.3, -0.25) is 0 Å². The Bertz CT molecular complexity index is 4510. The van der Waals surface area contributed by atoms with Crippen LogP contribution in [-0.4, -0.2) is 34.7 Å². The molecule has 5 heterocycles. The Hall–Kier alpha value is -10.1. The molecule has 2 atom stereocenters. The van der Waals surface area contributed by atoms with Crippen molar-refractivity contribution in [1.29, 1.82) is 0 Å². The molecule has 4 aromatic heterocycles. The summed E-state index contributed by atoms with van der Waals surface area (Å²) in [6, 6.07) is 85.1. The minimum Gasteiger partial charge on any atom is -0.331 e. The number of hydrogen-bond acceptors (Lipinski definition) is 4. The molecule has 14 aromatic rings. The van der Waals surface area contributed by atoms with E-state index in [2.05, 4.69) is 267 Å². The van der Waals surface area contributed by atoms with Crippen molar-refractivity contribution in [2.75, 3.05) is 4.90 Å². The molecule has 0 saturated heterocycles. The Balaban J connectivity index is 1.21. The van der Waals surface area contributed by atoms with E-state index >= 15 is 0 Å². The topological polar surface area (TPSA) is 56.7 Å². The lowest BCUT2D eigenvalue weighted by Gasteiger charge is -2.35. The summed E-state index contributed by atoms with van der Waals surface area (Å²) in [6.45, 7) is 0. The minimum absolute atomic E-state index is 0.0758. The molecule has 76 heavy (non-hydrogen) atoms. The van der Waals surface area contributed by atoms with Crippen molar-refractivity contribution < 1.29 is 0 Å². The van der Waals surface area contributed by atoms with Gasteiger partial charge in [0.25, 0.3) is 0 Å². The molecule has 356 valence electrons. The highest BCUT2D eigenvalue weighted by molar-refractivity contribution is 6.15. The second-order valence-corrected chi connectivity index (χ2v) is 19.8. The average Bonchev–Trinajstić information content (AvgIpc) is 4.24. The summed E-state index contributed by atoms with van der Waals surface area (Å²) in [5, 5.41) is 7.00. The number of benzene rings is 10. The molecule has 0 fully saturated rings. The molecule has 0 spiro atoms. The number of para-hydroxylation sites is 7. The molecule has 0 N–H and O–H groups in total. The molecule has 1 aliphatic heterocycles. The molecule has 7 heteroatoms. The van der Waals surface area contributed by atoms with Gasteiger partial charge in [0, 0.05) is 55.0 Å². The lowest BCUT2D eigenvalue weighted by molar-refractivity contribution is 0.743. The molecule has 7 nitrogen and oxygen atoms in total. The van der Waals surface area contributed by atoms with Crippen LogP contribution in [0.3, 0.4) is 0 Å². The van der Waals surface area contributed by atoms with Crippen LogP contribution in [-0.2, 0) is 0 Å². The highest BCUT2D eigenvalue weighted by Crippen LogP contribution is 2.56. The molecule has 10 aromatic carbocycles. The van der Waals surface area contributed by atoms with Gasteiger partial charge in [-0.15, -0.1) is 0 Å². The maximum Gasteiger partial charge on any atom is 0.168 e. The monoisotopic (exact) mass is 971 g/mol. The summed E-state index contributed by atoms with van der Waals surface area (Å²) in [5.74, 6) is 1.81. The molecular formula is C69H45N7. The lowest BCUT2D eigenvalue weighted by Crippen LogP contribution is -2.30. The molecule has 2 unspecified atom stereocenters. The lowest BCUT2D eigenvalue weighted by atomic mass is 9.91. The highest BCUT2D eigenvalue weighted by Gasteiger charge is 2.42. The Kier molecular flexibility index (Phi) is 9.32. The fourth-order valence-electron chi connectivity index (χ4n) is 12.7. The van der Waals surface area contributed by atoms with E-state index in [0.717, 1.165) is 89.0 Å². The van der Waals surface area contributed by atoms with E-state index in [9.17, 15) is 0 Å². The summed E-state index contributed by atoms with van der Waals surface area (Å²) in [5.41, 5.74) is 15.5. The van der Waals surface area contributed by atoms with Crippen molar-refractivity contribution in [3.05, 3.63) is 266 Å². The second-order valence-electron chi connectivity index (χ2n) is 19.8. The standard InChI is InChI=1S/C69H45N7/c1-3-23-44(24-4-1)67-70-68(45-25-5-2-6-26-45)72-69(71-67)64-65(75-58-39-19-11-31-50(58)51-32-12-20-40-59(51)75)62(73-54-35-15-7-27-46(54)47-28-8-16-36-55(47)73)43-63(74-56-37-17-9-29-48(56)49-30-10-18-38-57(49)74)66(64)76-60-41-21-13-33-52(60)53-34-14-22-42-61(53)76/h1-43,50,58H. The number of rotatable bonds is 7. The zero-order chi connectivity index (χ0) is 49.8. The third-order valence-corrected chi connectivity index (χ3v) is 15.8. The Morgan fingerprint density at radius 2 is 0.671 bits per heavy atom. The van der Waals surface area contributed by atoms with Crippen LogP contribution in [0.2, 0.25) is 0 Å². The molecule has 0 amide bonds. The summed E-state index contributed by atoms with van der Waals surface area (Å²) in [4.78, 5) is 19.6. The number of anilines is 2. The number of hydrogen-bond donors (Lipinski definition) is 0. The van der Waals surface area contributed by atoms with Gasteiger partial charge in [-0.05, 0) is 54.1 Å². The van der Waals surface area contributed by atoms with Crippen molar-refractivity contribution in [2.45, 2.75) is 12.0 Å². The van der Waals surface area contributed by atoms with Crippen molar-refractivity contribution in [1.82, 2.24) is 28.7 Å². The van der Waals surface area contributed by atoms with Crippen molar-refractivity contribution in [3.63, 3.8) is 0 Å². The van der Waals surface area contributed by atoms with Crippen LogP contribution in [0.4, 0.5) is 11.4 Å². The van der Waals surface area contributed by atoms with Gasteiger partial charge in [0.1, 0.15) is 0 Å². The van der Waals surface area contributed by atoms with Crippen molar-refractivity contribution in [3.8, 4) is 51.2 Å². The van der Waals surface area contributed by atoms with Gasteiger partial charge in [0.05, 0.1) is 67.5 Å². The van der Waals surface area contributed by atoms with E-state index < -0.39 is 0 Å². The van der Waals surface area contributed by atoms with Crippen LogP contribution >= 0.6 is 0 Å². The van der Waals surface area contributed by atoms with Crippen LogP contribution in [0.5, 0.6) is 0 Å². The summed E-state index contributed by atoms with van der Waals surface area (Å²) >= 11 is 0. The van der Waals surface area contributed by atoms with Gasteiger partial charge in [-0.2, -0.15) is 0 Å². The van der Waals surface area contributed by atoms with E-state index in [1.807, 2.05) is 12.1 Å². The third kappa shape index (κ3) is 6.20. The van der Waals surface area contributed by atoms with Crippen LogP contribution < -0.4 is 4.90 Å². The maximum atomic E-state index is 5.80. The number of aromatic nitrogens is 6. The van der Waals surface area contributed by atoms with E-state index in [1.165, 1.54) is 27.1 Å². The molecule has 1 aliphatic carbocycles. The van der Waals surface area contributed by atoms with Crippen LogP contribution in [0.15, 0.2) is 261 Å². The Morgan fingerprint density at radius 1 is 0.303 bits per heavy atom. The number of fused-ring (bicyclic) bond motifs is 12. The van der Waals surface area contributed by atoms with Crippen LogP contribution in [0.25, 0.3) is 117 Å². The van der Waals surface area contributed by atoms with E-state index in [1.54, 1.807) is 0 Å². The quantitative estimate of drug-likeness (QED) is 0.160. The van der Waals surface area contributed by atoms with E-state index in [4.69, 9.17) is 15.0 Å². The minimum atomic E-state index is -0.0953. The molecular weight excluding hydrogens is 927 g/mol. The fourth-order valence-corrected chi connectivity index (χ4v) is 12.7. The zero-order valence-electron chi connectivity index (χ0n) is 41.1. The normalized spacial score (nSPS) is 15.0. The van der Waals surface area contributed by atoms with E-state index in [-0.39, 0.29) is 12.0 Å². The first-order valence-electron chi connectivity index (χ1n) is 26.0. The largest absolute Gasteiger partial charge is 0.331 e. The van der Waals surface area contributed by atoms with Crippen LogP contribution in [0, 0.1) is 0 Å². The number of nitrogens with zero attached hydrogens (tertiary/aromatic N) is 7. The number of allylic oxidation sites excluding steroid dienone is 2. The summed E-state index contributed by atoms with van der Waals surface area (Å²) < 4.78 is 7.50. The maximum absolute atomic E-state index is 5.80. The van der Waals surface area contributed by atoms with Gasteiger partial charge in [-0.25, -0.2) is 15.0 Å². The summed E-state index contributed by atoms with van der Waals surface area (Å²) in [7, 11) is 0. The fraction of sp³-hybridized carbons (Fsp3) is 0.0290. The van der Waals surface area contributed by atoms with Crippen molar-refractivity contribution >= 4 is 76.8 Å². The first kappa shape index (κ1) is 42.4. The van der Waals surface area contributed by atoms with Gasteiger partial charge >= 0.3 is 0 Å². The Morgan fingerprint density at radius 3 is 1.14 bits per heavy atom. The SMILES string of the molecule is C1=CC2c3ccccc3N(c3c(-n4c5ccccc5c5ccccc54)cc(-n4c5ccccc5c5ccccc54)c(-n4c5ccccc5c5ccccc54)c3-c3nc(-c4ccccc4)nc(-c4ccccc4)n3)C2C=C1. The molecule has 0 radical (unpaired) electrons. The van der Waals surface area contributed by atoms with Crippen molar-refractivity contribution in [2.24, 2.45) is 0 Å². The first-order valence-corrected chi connectivity index (χ1v) is 26.0. The zero-order valence-corrected chi connectivity index (χ0v) is 41.1. The predicted octanol–water partition coefficient (Wildman–Crippen LogP) is 16.9. The first-order chi connectivity index (χ1) is 37.8. The van der Waals surface area contributed by atoms with Crippen LogP contribution in [0.1, 0.15) is 11.5 Å². The van der Waals surface area contributed by atoms with E-state index in [0.29, 0.717) is 17.5 Å². The second kappa shape index (κ2) is 16.7.